The van der Waals surface area contributed by atoms with Gasteiger partial charge in [-0.2, -0.15) is 11.8 Å². The van der Waals surface area contributed by atoms with Gasteiger partial charge in [0.25, 0.3) is 0 Å². The molecule has 0 aromatic carbocycles. The molecule has 1 rings (SSSR count). The monoisotopic (exact) mass is 186 g/mol. The summed E-state index contributed by atoms with van der Waals surface area (Å²) in [5.41, 5.74) is 0.680. The van der Waals surface area contributed by atoms with Crippen LogP contribution >= 0.6 is 11.8 Å². The Hall–Kier alpha value is 0.350. The van der Waals surface area contributed by atoms with Crippen molar-refractivity contribution in [3.8, 4) is 0 Å². The molecule has 2 unspecified atom stereocenters. The summed E-state index contributed by atoms with van der Waals surface area (Å²) in [5, 5.41) is 0. The smallest absolute Gasteiger partial charge is 0.00676 e. The molecule has 1 aliphatic rings. The van der Waals surface area contributed by atoms with Crippen molar-refractivity contribution in [2.24, 2.45) is 17.3 Å². The summed E-state index contributed by atoms with van der Waals surface area (Å²) in [6.07, 6.45) is 6.51. The quantitative estimate of drug-likeness (QED) is 0.629. The van der Waals surface area contributed by atoms with Gasteiger partial charge >= 0.3 is 0 Å². The highest BCUT2D eigenvalue weighted by molar-refractivity contribution is 7.98. The number of hydrogen-bond acceptors (Lipinski definition) is 1. The lowest BCUT2D eigenvalue weighted by atomic mass is 9.92. The molecule has 1 aliphatic carbocycles. The van der Waals surface area contributed by atoms with E-state index in [0.29, 0.717) is 5.41 Å². The highest BCUT2D eigenvalue weighted by Crippen LogP contribution is 2.57. The van der Waals surface area contributed by atoms with E-state index in [2.05, 4.69) is 27.0 Å². The maximum Gasteiger partial charge on any atom is -0.00676 e. The summed E-state index contributed by atoms with van der Waals surface area (Å²) < 4.78 is 0. The largest absolute Gasteiger partial charge is 0.165 e. The SMILES string of the molecule is CCC(CCSC)C1CC1(C)C. The van der Waals surface area contributed by atoms with Gasteiger partial charge in [-0.05, 0) is 42.1 Å². The van der Waals surface area contributed by atoms with E-state index in [4.69, 9.17) is 0 Å². The van der Waals surface area contributed by atoms with Gasteiger partial charge < -0.3 is 0 Å². The lowest BCUT2D eigenvalue weighted by Crippen LogP contribution is -2.07. The molecule has 0 aliphatic heterocycles. The molecule has 0 bridgehead atoms. The predicted molar refractivity (Wildman–Crippen MR) is 58.7 cm³/mol. The van der Waals surface area contributed by atoms with Crippen molar-refractivity contribution in [3.63, 3.8) is 0 Å². The molecule has 0 heterocycles. The predicted octanol–water partition coefficient (Wildman–Crippen LogP) is 3.81. The fraction of sp³-hybridized carbons (Fsp3) is 1.00. The van der Waals surface area contributed by atoms with Gasteiger partial charge in [-0.15, -0.1) is 0 Å². The van der Waals surface area contributed by atoms with Crippen LogP contribution < -0.4 is 0 Å². The molecule has 72 valence electrons. The molecule has 0 aromatic rings. The van der Waals surface area contributed by atoms with Gasteiger partial charge in [-0.3, -0.25) is 0 Å². The molecule has 0 aromatic heterocycles. The Bertz CT molecular complexity index is 140. The van der Waals surface area contributed by atoms with E-state index in [0.717, 1.165) is 11.8 Å². The maximum absolute atomic E-state index is 2.42. The number of rotatable bonds is 5. The Morgan fingerprint density at radius 3 is 2.42 bits per heavy atom. The van der Waals surface area contributed by atoms with Gasteiger partial charge in [0.1, 0.15) is 0 Å². The van der Waals surface area contributed by atoms with Gasteiger partial charge in [0, 0.05) is 0 Å². The molecule has 1 fully saturated rings. The van der Waals surface area contributed by atoms with Crippen LogP contribution in [0.25, 0.3) is 0 Å². The van der Waals surface area contributed by atoms with Crippen LogP contribution in [0.5, 0.6) is 0 Å². The summed E-state index contributed by atoms with van der Waals surface area (Å²) in [6.45, 7) is 7.18. The van der Waals surface area contributed by atoms with Crippen molar-refractivity contribution < 1.29 is 0 Å². The lowest BCUT2D eigenvalue weighted by molar-refractivity contribution is 0.374. The molecular weight excluding hydrogens is 164 g/mol. The van der Waals surface area contributed by atoms with Crippen molar-refractivity contribution in [1.29, 1.82) is 0 Å². The van der Waals surface area contributed by atoms with Crippen LogP contribution in [-0.2, 0) is 0 Å². The van der Waals surface area contributed by atoms with Crippen molar-refractivity contribution in [2.45, 2.75) is 40.0 Å². The van der Waals surface area contributed by atoms with Gasteiger partial charge in [-0.25, -0.2) is 0 Å². The average molecular weight is 186 g/mol. The zero-order chi connectivity index (χ0) is 9.19. The first kappa shape index (κ1) is 10.4. The van der Waals surface area contributed by atoms with E-state index in [1.165, 1.54) is 25.0 Å². The average Bonchev–Trinajstić information content (AvgIpc) is 2.62. The van der Waals surface area contributed by atoms with Crippen molar-refractivity contribution >= 4 is 11.8 Å². The first-order chi connectivity index (χ1) is 5.61. The summed E-state index contributed by atoms with van der Waals surface area (Å²) >= 11 is 1.99. The van der Waals surface area contributed by atoms with Gasteiger partial charge in [-0.1, -0.05) is 27.2 Å². The summed E-state index contributed by atoms with van der Waals surface area (Å²) in [6, 6.07) is 0. The van der Waals surface area contributed by atoms with Crippen LogP contribution in [0.2, 0.25) is 0 Å². The molecular formula is C11H22S. The number of thioether (sulfide) groups is 1. The molecule has 0 spiro atoms. The minimum absolute atomic E-state index is 0.680. The summed E-state index contributed by atoms with van der Waals surface area (Å²) in [7, 11) is 0. The molecule has 0 saturated heterocycles. The van der Waals surface area contributed by atoms with Crippen molar-refractivity contribution in [1.82, 2.24) is 0 Å². The minimum atomic E-state index is 0.680. The Morgan fingerprint density at radius 2 is 2.08 bits per heavy atom. The topological polar surface area (TPSA) is 0 Å². The fourth-order valence-corrected chi connectivity index (χ4v) is 2.81. The van der Waals surface area contributed by atoms with Crippen LogP contribution in [0.15, 0.2) is 0 Å². The molecule has 0 amide bonds. The molecule has 0 nitrogen and oxygen atoms in total. The van der Waals surface area contributed by atoms with E-state index >= 15 is 0 Å². The standard InChI is InChI=1S/C11H22S/c1-5-9(6-7-12-4)10-8-11(10,2)3/h9-10H,5-8H2,1-4H3. The first-order valence-electron chi connectivity index (χ1n) is 5.10. The Morgan fingerprint density at radius 1 is 1.50 bits per heavy atom. The third-order valence-corrected chi connectivity index (χ3v) is 4.02. The molecule has 12 heavy (non-hydrogen) atoms. The molecule has 0 N–H and O–H groups in total. The van der Waals surface area contributed by atoms with E-state index in [-0.39, 0.29) is 0 Å². The molecule has 0 radical (unpaired) electrons. The van der Waals surface area contributed by atoms with Crippen LogP contribution in [-0.4, -0.2) is 12.0 Å². The zero-order valence-electron chi connectivity index (χ0n) is 8.89. The highest BCUT2D eigenvalue weighted by atomic mass is 32.2. The second-order valence-electron chi connectivity index (χ2n) is 4.75. The van der Waals surface area contributed by atoms with Crippen LogP contribution in [0, 0.1) is 17.3 Å². The summed E-state index contributed by atoms with van der Waals surface area (Å²) in [4.78, 5) is 0. The van der Waals surface area contributed by atoms with E-state index in [1.807, 2.05) is 11.8 Å². The van der Waals surface area contributed by atoms with Gasteiger partial charge in [0.15, 0.2) is 0 Å². The van der Waals surface area contributed by atoms with E-state index in [9.17, 15) is 0 Å². The van der Waals surface area contributed by atoms with Gasteiger partial charge in [0.2, 0.25) is 0 Å². The van der Waals surface area contributed by atoms with Crippen molar-refractivity contribution in [2.75, 3.05) is 12.0 Å². The Kier molecular flexibility index (Phi) is 3.51. The molecule has 1 heteroatoms. The Labute approximate surface area is 81.5 Å². The van der Waals surface area contributed by atoms with Crippen molar-refractivity contribution in [3.05, 3.63) is 0 Å². The molecule has 2 atom stereocenters. The molecule has 1 saturated carbocycles. The normalized spacial score (nSPS) is 28.5. The minimum Gasteiger partial charge on any atom is -0.165 e. The third kappa shape index (κ3) is 2.42. The highest BCUT2D eigenvalue weighted by Gasteiger charge is 2.48. The van der Waals surface area contributed by atoms with Gasteiger partial charge in [0.05, 0.1) is 0 Å². The summed E-state index contributed by atoms with van der Waals surface area (Å²) in [5.74, 6) is 3.40. The maximum atomic E-state index is 2.42. The lowest BCUT2D eigenvalue weighted by Gasteiger charge is -2.15. The number of hydrogen-bond donors (Lipinski definition) is 0. The third-order valence-electron chi connectivity index (χ3n) is 3.38. The Balaban J connectivity index is 2.27. The van der Waals surface area contributed by atoms with Crippen LogP contribution in [0.1, 0.15) is 40.0 Å². The van der Waals surface area contributed by atoms with Crippen LogP contribution in [0.3, 0.4) is 0 Å². The fourth-order valence-electron chi connectivity index (χ4n) is 2.27. The first-order valence-corrected chi connectivity index (χ1v) is 6.50. The second-order valence-corrected chi connectivity index (χ2v) is 5.73. The van der Waals surface area contributed by atoms with E-state index in [1.54, 1.807) is 0 Å². The second kappa shape index (κ2) is 4.04. The van der Waals surface area contributed by atoms with Crippen LogP contribution in [0.4, 0.5) is 0 Å². The van der Waals surface area contributed by atoms with E-state index < -0.39 is 0 Å². The zero-order valence-corrected chi connectivity index (χ0v) is 9.71.